The highest BCUT2D eigenvalue weighted by atomic mass is 32.2. The van der Waals surface area contributed by atoms with E-state index < -0.39 is 6.10 Å². The van der Waals surface area contributed by atoms with Crippen LogP contribution in [0.4, 0.5) is 0 Å². The van der Waals surface area contributed by atoms with E-state index in [1.54, 1.807) is 31.0 Å². The summed E-state index contributed by atoms with van der Waals surface area (Å²) in [4.78, 5) is 10.8. The van der Waals surface area contributed by atoms with Gasteiger partial charge in [0, 0.05) is 22.6 Å². The molecule has 0 aromatic heterocycles. The average molecular weight is 302 g/mol. The van der Waals surface area contributed by atoms with Crippen molar-refractivity contribution in [3.05, 3.63) is 65.2 Å². The molecular weight excluding hydrogens is 284 g/mol. The Morgan fingerprint density at radius 2 is 2.00 bits per heavy atom. The molecule has 0 spiro atoms. The summed E-state index contributed by atoms with van der Waals surface area (Å²) in [6.45, 7) is 0. The molecule has 0 heterocycles. The fourth-order valence-corrected chi connectivity index (χ4v) is 3.02. The van der Waals surface area contributed by atoms with Gasteiger partial charge in [-0.15, -0.1) is 0 Å². The van der Waals surface area contributed by atoms with E-state index in [2.05, 4.69) is 0 Å². The van der Waals surface area contributed by atoms with Gasteiger partial charge >= 0.3 is 0 Å². The molecule has 1 N–H and O–H groups in total. The molecule has 0 bridgehead atoms. The SMILES string of the molecule is COc1ccc(C=O)cc1CSCC(O)c1ccccc1. The number of benzene rings is 2. The predicted molar refractivity (Wildman–Crippen MR) is 85.9 cm³/mol. The van der Waals surface area contributed by atoms with Crippen LogP contribution >= 0.6 is 11.8 Å². The summed E-state index contributed by atoms with van der Waals surface area (Å²) in [5, 5.41) is 10.1. The topological polar surface area (TPSA) is 46.5 Å². The van der Waals surface area contributed by atoms with Crippen LogP contribution in [0.5, 0.6) is 5.75 Å². The molecule has 1 atom stereocenters. The first-order chi connectivity index (χ1) is 10.2. The first kappa shape index (κ1) is 15.6. The van der Waals surface area contributed by atoms with Gasteiger partial charge in [-0.2, -0.15) is 11.8 Å². The van der Waals surface area contributed by atoms with Gasteiger partial charge in [0.2, 0.25) is 0 Å². The zero-order valence-corrected chi connectivity index (χ0v) is 12.7. The van der Waals surface area contributed by atoms with Crippen LogP contribution in [-0.4, -0.2) is 24.3 Å². The second kappa shape index (κ2) is 7.86. The molecule has 0 aliphatic heterocycles. The second-order valence-electron chi connectivity index (χ2n) is 4.63. The van der Waals surface area contributed by atoms with E-state index in [1.165, 1.54) is 0 Å². The fourth-order valence-electron chi connectivity index (χ4n) is 2.04. The van der Waals surface area contributed by atoms with E-state index in [4.69, 9.17) is 4.74 Å². The van der Waals surface area contributed by atoms with Gasteiger partial charge in [0.1, 0.15) is 12.0 Å². The molecule has 2 rings (SSSR count). The maximum absolute atomic E-state index is 10.8. The van der Waals surface area contributed by atoms with E-state index >= 15 is 0 Å². The lowest BCUT2D eigenvalue weighted by Gasteiger charge is -2.12. The lowest BCUT2D eigenvalue weighted by molar-refractivity contribution is 0.112. The number of thioether (sulfide) groups is 1. The molecule has 3 nitrogen and oxygen atoms in total. The van der Waals surface area contributed by atoms with Crippen LogP contribution < -0.4 is 4.74 Å². The van der Waals surface area contributed by atoms with Crippen LogP contribution in [-0.2, 0) is 5.75 Å². The first-order valence-corrected chi connectivity index (χ1v) is 7.83. The number of aliphatic hydroxyl groups is 1. The Labute approximate surface area is 129 Å². The van der Waals surface area contributed by atoms with Crippen LogP contribution in [0.3, 0.4) is 0 Å². The molecule has 0 fully saturated rings. The number of ether oxygens (including phenoxy) is 1. The summed E-state index contributed by atoms with van der Waals surface area (Å²) in [7, 11) is 1.61. The number of methoxy groups -OCH3 is 1. The van der Waals surface area contributed by atoms with E-state index in [0.29, 0.717) is 17.1 Å². The molecule has 0 aliphatic carbocycles. The third kappa shape index (κ3) is 4.34. The van der Waals surface area contributed by atoms with E-state index in [0.717, 1.165) is 23.2 Å². The summed E-state index contributed by atoms with van der Waals surface area (Å²) in [6, 6.07) is 15.0. The second-order valence-corrected chi connectivity index (χ2v) is 5.66. The van der Waals surface area contributed by atoms with Crippen molar-refractivity contribution >= 4 is 18.0 Å². The fraction of sp³-hybridized carbons (Fsp3) is 0.235. The van der Waals surface area contributed by atoms with Crippen LogP contribution in [0.1, 0.15) is 27.6 Å². The van der Waals surface area contributed by atoms with Gasteiger partial charge in [-0.05, 0) is 23.8 Å². The number of aliphatic hydroxyl groups excluding tert-OH is 1. The number of carbonyl (C=O) groups is 1. The summed E-state index contributed by atoms with van der Waals surface area (Å²) >= 11 is 1.61. The minimum absolute atomic E-state index is 0.489. The molecule has 4 heteroatoms. The molecule has 110 valence electrons. The Kier molecular flexibility index (Phi) is 5.84. The summed E-state index contributed by atoms with van der Waals surface area (Å²) in [5.74, 6) is 2.05. The molecule has 0 saturated heterocycles. The van der Waals surface area contributed by atoms with Crippen LogP contribution in [0.15, 0.2) is 48.5 Å². The van der Waals surface area contributed by atoms with Crippen molar-refractivity contribution in [3.63, 3.8) is 0 Å². The van der Waals surface area contributed by atoms with Gasteiger partial charge in [-0.1, -0.05) is 30.3 Å². The zero-order valence-electron chi connectivity index (χ0n) is 11.9. The molecule has 2 aromatic carbocycles. The Bertz CT molecular complexity index is 584. The number of carbonyl (C=O) groups excluding carboxylic acids is 1. The molecule has 1 unspecified atom stereocenters. The molecule has 0 radical (unpaired) electrons. The Morgan fingerprint density at radius 1 is 1.24 bits per heavy atom. The number of rotatable bonds is 7. The highest BCUT2D eigenvalue weighted by Gasteiger charge is 2.09. The smallest absolute Gasteiger partial charge is 0.150 e. The molecule has 0 aliphatic rings. The van der Waals surface area contributed by atoms with Crippen molar-refractivity contribution in [3.8, 4) is 5.75 Å². The maximum atomic E-state index is 10.8. The molecule has 21 heavy (non-hydrogen) atoms. The van der Waals surface area contributed by atoms with Gasteiger partial charge < -0.3 is 9.84 Å². The molecule has 0 amide bonds. The summed E-state index contributed by atoms with van der Waals surface area (Å²) < 4.78 is 5.30. The highest BCUT2D eigenvalue weighted by Crippen LogP contribution is 2.26. The Morgan fingerprint density at radius 3 is 2.67 bits per heavy atom. The van der Waals surface area contributed by atoms with Crippen molar-refractivity contribution in [2.24, 2.45) is 0 Å². The summed E-state index contributed by atoms with van der Waals surface area (Å²) in [5.41, 5.74) is 2.51. The van der Waals surface area contributed by atoms with Crippen molar-refractivity contribution in [1.82, 2.24) is 0 Å². The number of hydrogen-bond donors (Lipinski definition) is 1. The van der Waals surface area contributed by atoms with Crippen LogP contribution in [0, 0.1) is 0 Å². The van der Waals surface area contributed by atoms with Crippen LogP contribution in [0.2, 0.25) is 0 Å². The zero-order chi connectivity index (χ0) is 15.1. The summed E-state index contributed by atoms with van der Waals surface area (Å²) in [6.07, 6.45) is 0.336. The molecular formula is C17H18O3S. The highest BCUT2D eigenvalue weighted by molar-refractivity contribution is 7.98. The Hall–Kier alpha value is -1.78. The van der Waals surface area contributed by atoms with Crippen molar-refractivity contribution in [2.75, 3.05) is 12.9 Å². The first-order valence-electron chi connectivity index (χ1n) is 6.67. The quantitative estimate of drug-likeness (QED) is 0.796. The van der Waals surface area contributed by atoms with E-state index in [-0.39, 0.29) is 0 Å². The van der Waals surface area contributed by atoms with E-state index in [9.17, 15) is 9.90 Å². The lowest BCUT2D eigenvalue weighted by atomic mass is 10.1. The maximum Gasteiger partial charge on any atom is 0.150 e. The van der Waals surface area contributed by atoms with Crippen molar-refractivity contribution < 1.29 is 14.6 Å². The minimum Gasteiger partial charge on any atom is -0.496 e. The average Bonchev–Trinajstić information content (AvgIpc) is 2.55. The van der Waals surface area contributed by atoms with E-state index in [1.807, 2.05) is 36.4 Å². The Balaban J connectivity index is 1.95. The molecule has 2 aromatic rings. The predicted octanol–water partition coefficient (Wildman–Crippen LogP) is 3.47. The van der Waals surface area contributed by atoms with Crippen LogP contribution in [0.25, 0.3) is 0 Å². The van der Waals surface area contributed by atoms with Gasteiger partial charge in [-0.25, -0.2) is 0 Å². The number of hydrogen-bond acceptors (Lipinski definition) is 4. The largest absolute Gasteiger partial charge is 0.496 e. The normalized spacial score (nSPS) is 11.9. The lowest BCUT2D eigenvalue weighted by Crippen LogP contribution is -2.01. The van der Waals surface area contributed by atoms with Gasteiger partial charge in [0.25, 0.3) is 0 Å². The third-order valence-electron chi connectivity index (χ3n) is 3.16. The molecule has 0 saturated carbocycles. The van der Waals surface area contributed by atoms with Gasteiger partial charge in [0.15, 0.2) is 0 Å². The van der Waals surface area contributed by atoms with Gasteiger partial charge in [-0.3, -0.25) is 4.79 Å². The third-order valence-corrected chi connectivity index (χ3v) is 4.22. The van der Waals surface area contributed by atoms with Gasteiger partial charge in [0.05, 0.1) is 13.2 Å². The minimum atomic E-state index is -0.489. The van der Waals surface area contributed by atoms with Crippen molar-refractivity contribution in [1.29, 1.82) is 0 Å². The van der Waals surface area contributed by atoms with Crippen molar-refractivity contribution in [2.45, 2.75) is 11.9 Å². The number of aldehydes is 1. The standard InChI is InChI=1S/C17H18O3S/c1-20-17-8-7-13(10-18)9-15(17)11-21-12-16(19)14-5-3-2-4-6-14/h2-10,16,19H,11-12H2,1H3. The monoisotopic (exact) mass is 302 g/mol.